The van der Waals surface area contributed by atoms with Crippen molar-refractivity contribution in [2.45, 2.75) is 45.7 Å². The molecule has 1 aromatic carbocycles. The summed E-state index contributed by atoms with van der Waals surface area (Å²) >= 11 is 3.70. The molecule has 1 atom stereocenters. The van der Waals surface area contributed by atoms with Gasteiger partial charge in [0.25, 0.3) is 0 Å². The van der Waals surface area contributed by atoms with Crippen molar-refractivity contribution in [2.24, 2.45) is 5.92 Å². The highest BCUT2D eigenvalue weighted by atomic mass is 79.9. The lowest BCUT2D eigenvalue weighted by Gasteiger charge is -2.27. The van der Waals surface area contributed by atoms with E-state index in [2.05, 4.69) is 65.2 Å². The Hall–Kier alpha value is -0.540. The third-order valence-corrected chi connectivity index (χ3v) is 4.84. The molecule has 2 rings (SSSR count). The van der Waals surface area contributed by atoms with Crippen molar-refractivity contribution in [3.05, 3.63) is 28.2 Å². The third-order valence-electron chi connectivity index (χ3n) is 4.10. The van der Waals surface area contributed by atoms with Gasteiger partial charge in [-0.3, -0.25) is 0 Å². The molecule has 0 aromatic heterocycles. The van der Waals surface area contributed by atoms with Crippen LogP contribution in [0.3, 0.4) is 0 Å². The molecule has 0 spiro atoms. The molecule has 1 fully saturated rings. The maximum atomic E-state index is 3.70. The number of benzene rings is 1. The van der Waals surface area contributed by atoms with Gasteiger partial charge in [-0.1, -0.05) is 28.9 Å². The van der Waals surface area contributed by atoms with E-state index in [1.807, 2.05) is 0 Å². The van der Waals surface area contributed by atoms with E-state index in [9.17, 15) is 0 Å². The van der Waals surface area contributed by atoms with Gasteiger partial charge in [0.2, 0.25) is 0 Å². The fraction of sp³-hybridized carbons (Fsp3) is 0.625. The van der Waals surface area contributed by atoms with Crippen LogP contribution in [0.5, 0.6) is 0 Å². The van der Waals surface area contributed by atoms with Crippen LogP contribution >= 0.6 is 15.9 Å². The molecule has 106 valence electrons. The molecular weight excluding hydrogens is 300 g/mol. The minimum Gasteiger partial charge on any atom is -0.372 e. The highest BCUT2D eigenvalue weighted by Crippen LogP contribution is 2.36. The van der Waals surface area contributed by atoms with Crippen LogP contribution in [0, 0.1) is 5.92 Å². The molecule has 0 radical (unpaired) electrons. The van der Waals surface area contributed by atoms with Gasteiger partial charge in [0.05, 0.1) is 0 Å². The first-order valence-electron chi connectivity index (χ1n) is 7.35. The molecule has 19 heavy (non-hydrogen) atoms. The van der Waals surface area contributed by atoms with Gasteiger partial charge in [-0.25, -0.2) is 0 Å². The van der Waals surface area contributed by atoms with Crippen LogP contribution < -0.4 is 10.2 Å². The monoisotopic (exact) mass is 324 g/mol. The summed E-state index contributed by atoms with van der Waals surface area (Å²) in [4.78, 5) is 2.41. The van der Waals surface area contributed by atoms with Gasteiger partial charge >= 0.3 is 0 Å². The Morgan fingerprint density at radius 1 is 1.42 bits per heavy atom. The van der Waals surface area contributed by atoms with Crippen LogP contribution in [0.2, 0.25) is 0 Å². The van der Waals surface area contributed by atoms with Gasteiger partial charge in [0.15, 0.2) is 0 Å². The van der Waals surface area contributed by atoms with E-state index >= 15 is 0 Å². The van der Waals surface area contributed by atoms with E-state index < -0.39 is 0 Å². The molecule has 3 heteroatoms. The van der Waals surface area contributed by atoms with Crippen LogP contribution in [0.25, 0.3) is 0 Å². The standard InChI is InChI=1S/C16H25BrN2/c1-4-9-18-11-14-7-8-15(10-16(14)17)19(3)12(2)13-5-6-13/h7-8,10,12-13,18H,4-6,9,11H2,1-3H3. The Morgan fingerprint density at radius 3 is 2.74 bits per heavy atom. The molecule has 0 aliphatic heterocycles. The topological polar surface area (TPSA) is 15.3 Å². The molecule has 1 aromatic rings. The molecule has 0 amide bonds. The lowest BCUT2D eigenvalue weighted by atomic mass is 10.1. The van der Waals surface area contributed by atoms with Crippen LogP contribution in [0.4, 0.5) is 5.69 Å². The van der Waals surface area contributed by atoms with Gasteiger partial charge in [-0.15, -0.1) is 0 Å². The summed E-state index contributed by atoms with van der Waals surface area (Å²) in [5.74, 6) is 0.898. The molecule has 0 saturated heterocycles. The summed E-state index contributed by atoms with van der Waals surface area (Å²) in [7, 11) is 2.21. The smallest absolute Gasteiger partial charge is 0.0377 e. The Morgan fingerprint density at radius 2 is 2.16 bits per heavy atom. The Balaban J connectivity index is 2.00. The van der Waals surface area contributed by atoms with Crippen molar-refractivity contribution in [3.63, 3.8) is 0 Å². The average Bonchev–Trinajstić information content (AvgIpc) is 3.23. The van der Waals surface area contributed by atoms with Crippen LogP contribution in [-0.4, -0.2) is 19.6 Å². The van der Waals surface area contributed by atoms with Gasteiger partial charge in [0.1, 0.15) is 0 Å². The van der Waals surface area contributed by atoms with Crippen LogP contribution in [0.15, 0.2) is 22.7 Å². The lowest BCUT2D eigenvalue weighted by Crippen LogP contribution is -2.30. The number of nitrogens with one attached hydrogen (secondary N) is 1. The summed E-state index contributed by atoms with van der Waals surface area (Å²) in [6.45, 7) is 6.55. The zero-order valence-corrected chi connectivity index (χ0v) is 13.8. The molecule has 0 heterocycles. The van der Waals surface area contributed by atoms with Crippen LogP contribution in [-0.2, 0) is 6.54 Å². The van der Waals surface area contributed by atoms with Crippen LogP contribution in [0.1, 0.15) is 38.7 Å². The Bertz CT molecular complexity index is 415. The second kappa shape index (κ2) is 6.76. The van der Waals surface area contributed by atoms with E-state index in [1.165, 1.54) is 35.0 Å². The predicted octanol–water partition coefficient (Wildman–Crippen LogP) is 4.18. The number of hydrogen-bond donors (Lipinski definition) is 1. The molecule has 1 saturated carbocycles. The average molecular weight is 325 g/mol. The zero-order valence-electron chi connectivity index (χ0n) is 12.2. The Labute approximate surface area is 125 Å². The first-order chi connectivity index (χ1) is 9.13. The van der Waals surface area contributed by atoms with E-state index in [4.69, 9.17) is 0 Å². The van der Waals surface area contributed by atoms with Gasteiger partial charge in [-0.05, 0) is 56.3 Å². The number of halogens is 1. The minimum atomic E-state index is 0.649. The SMILES string of the molecule is CCCNCc1ccc(N(C)C(C)C2CC2)cc1Br. The minimum absolute atomic E-state index is 0.649. The maximum Gasteiger partial charge on any atom is 0.0377 e. The van der Waals surface area contributed by atoms with Gasteiger partial charge < -0.3 is 10.2 Å². The molecule has 1 aliphatic carbocycles. The number of nitrogens with zero attached hydrogens (tertiary/aromatic N) is 1. The van der Waals surface area contributed by atoms with Crippen molar-refractivity contribution in [1.82, 2.24) is 5.32 Å². The van der Waals surface area contributed by atoms with E-state index in [1.54, 1.807) is 0 Å². The molecule has 2 nitrogen and oxygen atoms in total. The normalized spacial score (nSPS) is 16.4. The largest absolute Gasteiger partial charge is 0.372 e. The first kappa shape index (κ1) is 14.9. The van der Waals surface area contributed by atoms with Crippen molar-refractivity contribution in [1.29, 1.82) is 0 Å². The summed E-state index contributed by atoms with van der Waals surface area (Å²) in [5.41, 5.74) is 2.65. The van der Waals surface area contributed by atoms with Crippen molar-refractivity contribution >= 4 is 21.6 Å². The fourth-order valence-electron chi connectivity index (χ4n) is 2.43. The lowest BCUT2D eigenvalue weighted by molar-refractivity contribution is 0.609. The quantitative estimate of drug-likeness (QED) is 0.757. The summed E-state index contributed by atoms with van der Waals surface area (Å²) in [6, 6.07) is 7.38. The van der Waals surface area contributed by atoms with Crippen molar-refractivity contribution in [3.8, 4) is 0 Å². The maximum absolute atomic E-state index is 3.70. The Kier molecular flexibility index (Phi) is 5.28. The molecule has 0 bridgehead atoms. The molecule has 1 N–H and O–H groups in total. The molecule has 1 aliphatic rings. The second-order valence-electron chi connectivity index (χ2n) is 5.64. The summed E-state index contributed by atoms with van der Waals surface area (Å²) in [5, 5.41) is 3.45. The van der Waals surface area contributed by atoms with Gasteiger partial charge in [0, 0.05) is 29.8 Å². The van der Waals surface area contributed by atoms with Crippen molar-refractivity contribution in [2.75, 3.05) is 18.5 Å². The highest BCUT2D eigenvalue weighted by molar-refractivity contribution is 9.10. The van der Waals surface area contributed by atoms with E-state index in [0.29, 0.717) is 6.04 Å². The third kappa shape index (κ3) is 3.96. The fourth-order valence-corrected chi connectivity index (χ4v) is 2.94. The first-order valence-corrected chi connectivity index (χ1v) is 8.14. The zero-order chi connectivity index (χ0) is 13.8. The number of hydrogen-bond acceptors (Lipinski definition) is 2. The van der Waals surface area contributed by atoms with Gasteiger partial charge in [-0.2, -0.15) is 0 Å². The molecular formula is C16H25BrN2. The highest BCUT2D eigenvalue weighted by Gasteiger charge is 2.30. The molecule has 1 unspecified atom stereocenters. The van der Waals surface area contributed by atoms with E-state index in [0.717, 1.165) is 19.0 Å². The number of rotatable bonds is 7. The second-order valence-corrected chi connectivity index (χ2v) is 6.50. The predicted molar refractivity (Wildman–Crippen MR) is 86.7 cm³/mol. The summed E-state index contributed by atoms with van der Waals surface area (Å²) in [6.07, 6.45) is 3.97. The number of anilines is 1. The van der Waals surface area contributed by atoms with E-state index in [-0.39, 0.29) is 0 Å². The summed E-state index contributed by atoms with van der Waals surface area (Å²) < 4.78 is 1.21. The van der Waals surface area contributed by atoms with Crippen molar-refractivity contribution < 1.29 is 0 Å².